The summed E-state index contributed by atoms with van der Waals surface area (Å²) in [5.74, 6) is 0.0789. The van der Waals surface area contributed by atoms with Gasteiger partial charge in [0.2, 0.25) is 5.91 Å². The molecule has 1 unspecified atom stereocenters. The number of aromatic nitrogens is 1. The van der Waals surface area contributed by atoms with E-state index < -0.39 is 6.04 Å². The third-order valence-electron chi connectivity index (χ3n) is 4.80. The highest BCUT2D eigenvalue weighted by atomic mass is 16.1. The van der Waals surface area contributed by atoms with Crippen LogP contribution in [0.2, 0.25) is 0 Å². The van der Waals surface area contributed by atoms with Crippen molar-refractivity contribution >= 4 is 5.91 Å². The van der Waals surface area contributed by atoms with Gasteiger partial charge in [0.05, 0.1) is 0 Å². The highest BCUT2D eigenvalue weighted by Gasteiger charge is 2.33. The molecule has 3 atom stereocenters. The zero-order chi connectivity index (χ0) is 16.9. The molecule has 0 bridgehead atoms. The molecule has 0 spiro atoms. The van der Waals surface area contributed by atoms with Crippen molar-refractivity contribution in [1.82, 2.24) is 15.2 Å². The molecule has 3 rings (SSSR count). The number of benzene rings is 1. The Morgan fingerprint density at radius 2 is 2.12 bits per heavy atom. The maximum atomic E-state index is 11.9. The fourth-order valence-corrected chi connectivity index (χ4v) is 3.61. The number of nitrogens with one attached hydrogen (secondary N) is 1. The van der Waals surface area contributed by atoms with E-state index in [1.807, 2.05) is 42.6 Å². The number of carbonyl (C=O) groups excluding carboxylic acids is 1. The summed E-state index contributed by atoms with van der Waals surface area (Å²) in [7, 11) is 2.14. The van der Waals surface area contributed by atoms with Crippen molar-refractivity contribution in [1.29, 1.82) is 0 Å². The van der Waals surface area contributed by atoms with E-state index in [0.29, 0.717) is 12.0 Å². The molecule has 126 valence electrons. The number of rotatable bonds is 6. The van der Waals surface area contributed by atoms with Gasteiger partial charge in [0.25, 0.3) is 0 Å². The zero-order valence-electron chi connectivity index (χ0n) is 13.9. The Kier molecular flexibility index (Phi) is 5.23. The molecule has 1 aliphatic heterocycles. The summed E-state index contributed by atoms with van der Waals surface area (Å²) in [6.07, 6.45) is 4.82. The van der Waals surface area contributed by atoms with Crippen molar-refractivity contribution in [3.05, 3.63) is 66.0 Å². The molecule has 2 aromatic rings. The molecule has 0 aliphatic carbocycles. The molecule has 24 heavy (non-hydrogen) atoms. The molecule has 2 heterocycles. The lowest BCUT2D eigenvalue weighted by molar-refractivity contribution is -0.120. The second kappa shape index (κ2) is 7.55. The van der Waals surface area contributed by atoms with Crippen LogP contribution in [0.15, 0.2) is 54.9 Å². The number of nitrogens with zero attached hydrogens (tertiary/aromatic N) is 2. The summed E-state index contributed by atoms with van der Waals surface area (Å²) in [4.78, 5) is 18.5. The van der Waals surface area contributed by atoms with E-state index in [9.17, 15) is 4.79 Å². The molecule has 1 aliphatic rings. The van der Waals surface area contributed by atoms with E-state index in [0.717, 1.165) is 25.1 Å². The number of likely N-dealkylation sites (tertiary alicyclic amines) is 1. The molecule has 0 radical (unpaired) electrons. The van der Waals surface area contributed by atoms with Crippen LogP contribution in [0.4, 0.5) is 0 Å². The van der Waals surface area contributed by atoms with Gasteiger partial charge in [0.1, 0.15) is 6.04 Å². The maximum absolute atomic E-state index is 11.9. The predicted octanol–water partition coefficient (Wildman–Crippen LogP) is 1.89. The highest BCUT2D eigenvalue weighted by molar-refractivity contribution is 5.81. The lowest BCUT2D eigenvalue weighted by Crippen LogP contribution is -2.37. The molecule has 1 aromatic heterocycles. The van der Waals surface area contributed by atoms with Gasteiger partial charge in [0, 0.05) is 25.0 Å². The molecule has 1 saturated heterocycles. The average Bonchev–Trinajstić information content (AvgIpc) is 2.97. The second-order valence-corrected chi connectivity index (χ2v) is 6.41. The highest BCUT2D eigenvalue weighted by Crippen LogP contribution is 2.35. The first-order chi connectivity index (χ1) is 11.7. The minimum absolute atomic E-state index is 0.315. The van der Waals surface area contributed by atoms with E-state index in [4.69, 9.17) is 5.73 Å². The van der Waals surface area contributed by atoms with Crippen molar-refractivity contribution in [2.24, 2.45) is 11.7 Å². The van der Waals surface area contributed by atoms with E-state index >= 15 is 0 Å². The van der Waals surface area contributed by atoms with Gasteiger partial charge < -0.3 is 11.1 Å². The number of hydrogen-bond acceptors (Lipinski definition) is 4. The van der Waals surface area contributed by atoms with Crippen LogP contribution in [0, 0.1) is 5.92 Å². The van der Waals surface area contributed by atoms with Crippen LogP contribution in [0.25, 0.3) is 0 Å². The Labute approximate surface area is 142 Å². The quantitative estimate of drug-likeness (QED) is 0.851. The Hall–Kier alpha value is -2.24. The number of hydrogen-bond donors (Lipinski definition) is 2. The number of pyridine rings is 1. The van der Waals surface area contributed by atoms with Crippen molar-refractivity contribution in [2.75, 3.05) is 20.1 Å². The number of amides is 1. The van der Waals surface area contributed by atoms with Gasteiger partial charge >= 0.3 is 0 Å². The Morgan fingerprint density at radius 1 is 1.33 bits per heavy atom. The Bertz CT molecular complexity index is 662. The standard InChI is InChI=1S/C19H24N4O/c1-23-11-9-16(18(23)15-8-5-10-21-12-15)13-22-17(19(20)24)14-6-3-2-4-7-14/h2-8,10,12,16-18,22H,9,11,13H2,1H3,(H2,20,24)/t16-,17?,18-/m0/s1. The first-order valence-corrected chi connectivity index (χ1v) is 8.34. The van der Waals surface area contributed by atoms with Crippen molar-refractivity contribution in [3.63, 3.8) is 0 Å². The van der Waals surface area contributed by atoms with Gasteiger partial charge in [-0.2, -0.15) is 0 Å². The number of carbonyl (C=O) groups is 1. The topological polar surface area (TPSA) is 71.2 Å². The molecule has 1 aromatic carbocycles. The zero-order valence-corrected chi connectivity index (χ0v) is 13.9. The minimum Gasteiger partial charge on any atom is -0.368 e. The van der Waals surface area contributed by atoms with E-state index in [1.54, 1.807) is 6.20 Å². The lowest BCUT2D eigenvalue weighted by Gasteiger charge is -2.27. The third-order valence-corrected chi connectivity index (χ3v) is 4.80. The van der Waals surface area contributed by atoms with Gasteiger partial charge in [-0.05, 0) is 43.1 Å². The fourth-order valence-electron chi connectivity index (χ4n) is 3.61. The molecule has 0 saturated carbocycles. The molecular weight excluding hydrogens is 300 g/mol. The first kappa shape index (κ1) is 16.6. The summed E-state index contributed by atoms with van der Waals surface area (Å²) in [6.45, 7) is 1.78. The van der Waals surface area contributed by atoms with E-state index in [-0.39, 0.29) is 5.91 Å². The van der Waals surface area contributed by atoms with Gasteiger partial charge in [-0.1, -0.05) is 36.4 Å². The average molecular weight is 324 g/mol. The number of primary amides is 1. The smallest absolute Gasteiger partial charge is 0.239 e. The maximum Gasteiger partial charge on any atom is 0.239 e. The van der Waals surface area contributed by atoms with Crippen LogP contribution < -0.4 is 11.1 Å². The van der Waals surface area contributed by atoms with Gasteiger partial charge in [-0.3, -0.25) is 14.7 Å². The van der Waals surface area contributed by atoms with Gasteiger partial charge in [0.15, 0.2) is 0 Å². The van der Waals surface area contributed by atoms with Crippen LogP contribution >= 0.6 is 0 Å². The lowest BCUT2D eigenvalue weighted by atomic mass is 9.94. The number of nitrogens with two attached hydrogens (primary N) is 1. The summed E-state index contributed by atoms with van der Waals surface area (Å²) < 4.78 is 0. The molecular formula is C19H24N4O. The van der Waals surface area contributed by atoms with Crippen LogP contribution in [0.3, 0.4) is 0 Å². The van der Waals surface area contributed by atoms with Crippen molar-refractivity contribution < 1.29 is 4.79 Å². The largest absolute Gasteiger partial charge is 0.368 e. The third kappa shape index (κ3) is 3.63. The van der Waals surface area contributed by atoms with Gasteiger partial charge in [-0.15, -0.1) is 0 Å². The molecule has 5 heteroatoms. The SMILES string of the molecule is CN1CC[C@@H](CNC(C(N)=O)c2ccccc2)[C@@H]1c1cccnc1. The first-order valence-electron chi connectivity index (χ1n) is 8.34. The van der Waals surface area contributed by atoms with Crippen LogP contribution in [0.1, 0.15) is 29.6 Å². The van der Waals surface area contributed by atoms with E-state index in [2.05, 4.69) is 28.3 Å². The minimum atomic E-state index is -0.452. The molecule has 1 amide bonds. The summed E-state index contributed by atoms with van der Waals surface area (Å²) in [6, 6.07) is 13.6. The van der Waals surface area contributed by atoms with E-state index in [1.165, 1.54) is 5.56 Å². The normalized spacial score (nSPS) is 22.4. The van der Waals surface area contributed by atoms with Crippen molar-refractivity contribution in [2.45, 2.75) is 18.5 Å². The monoisotopic (exact) mass is 324 g/mol. The second-order valence-electron chi connectivity index (χ2n) is 6.41. The van der Waals surface area contributed by atoms with Crippen LogP contribution in [0.5, 0.6) is 0 Å². The predicted molar refractivity (Wildman–Crippen MR) is 94.1 cm³/mol. The van der Waals surface area contributed by atoms with Crippen LogP contribution in [-0.4, -0.2) is 35.9 Å². The molecule has 1 fully saturated rings. The summed E-state index contributed by atoms with van der Waals surface area (Å²) in [5.41, 5.74) is 7.74. The van der Waals surface area contributed by atoms with Crippen LogP contribution in [-0.2, 0) is 4.79 Å². The Balaban J connectivity index is 1.71. The fraction of sp³-hybridized carbons (Fsp3) is 0.368. The Morgan fingerprint density at radius 3 is 2.79 bits per heavy atom. The molecule has 3 N–H and O–H groups in total. The summed E-state index contributed by atoms with van der Waals surface area (Å²) >= 11 is 0. The van der Waals surface area contributed by atoms with Gasteiger partial charge in [-0.25, -0.2) is 0 Å². The molecule has 5 nitrogen and oxygen atoms in total. The van der Waals surface area contributed by atoms with Crippen molar-refractivity contribution in [3.8, 4) is 0 Å². The summed E-state index contributed by atoms with van der Waals surface area (Å²) in [5, 5.41) is 3.38.